The van der Waals surface area contributed by atoms with Gasteiger partial charge in [0.05, 0.1) is 39.3 Å². The number of nitrogens with zero attached hydrogens (tertiary/aromatic N) is 2. The van der Waals surface area contributed by atoms with E-state index in [1.54, 1.807) is 0 Å². The summed E-state index contributed by atoms with van der Waals surface area (Å²) in [5, 5.41) is 24.0. The molecule has 0 bridgehead atoms. The number of ether oxygens (including phenoxy) is 1. The number of carbonyl (C=O) groups excluding carboxylic acids is 1. The molecule has 2 aromatic carbocycles. The lowest BCUT2D eigenvalue weighted by atomic mass is 10.1. The Bertz CT molecular complexity index is 839. The Kier molecular flexibility index (Phi) is 4.95. The van der Waals surface area contributed by atoms with E-state index >= 15 is 0 Å². The van der Waals surface area contributed by atoms with Crippen LogP contribution in [0.15, 0.2) is 36.4 Å². The fourth-order valence-corrected chi connectivity index (χ4v) is 2.09. The van der Waals surface area contributed by atoms with E-state index in [-0.39, 0.29) is 33.4 Å². The minimum Gasteiger partial charge on any atom is -0.494 e. The summed E-state index contributed by atoms with van der Waals surface area (Å²) in [6, 6.07) is 7.07. The zero-order valence-corrected chi connectivity index (χ0v) is 12.9. The lowest BCUT2D eigenvalue weighted by Gasteiger charge is -2.10. The second kappa shape index (κ2) is 6.92. The van der Waals surface area contributed by atoms with E-state index in [2.05, 4.69) is 5.32 Å². The first-order valence-electron chi connectivity index (χ1n) is 6.41. The van der Waals surface area contributed by atoms with Crippen molar-refractivity contribution in [2.24, 2.45) is 0 Å². The summed E-state index contributed by atoms with van der Waals surface area (Å²) in [5.41, 5.74) is -0.444. The number of nitro benzene ring substituents is 2. The average Bonchev–Trinajstić information content (AvgIpc) is 2.54. The summed E-state index contributed by atoms with van der Waals surface area (Å²) < 4.78 is 5.00. The Balaban J connectivity index is 2.35. The number of nitro groups is 2. The number of non-ortho nitro benzene ring substituents is 2. The third-order valence-electron chi connectivity index (χ3n) is 3.05. The van der Waals surface area contributed by atoms with Crippen molar-refractivity contribution >= 4 is 34.6 Å². The second-order valence-corrected chi connectivity index (χ2v) is 4.92. The van der Waals surface area contributed by atoms with Gasteiger partial charge in [-0.1, -0.05) is 11.6 Å². The lowest BCUT2D eigenvalue weighted by molar-refractivity contribution is -0.385. The summed E-state index contributed by atoms with van der Waals surface area (Å²) in [5.74, 6) is -0.644. The fraction of sp³-hybridized carbons (Fsp3) is 0.0714. The van der Waals surface area contributed by atoms with Gasteiger partial charge in [0.25, 0.3) is 17.3 Å². The summed E-state index contributed by atoms with van der Waals surface area (Å²) in [7, 11) is 1.29. The van der Waals surface area contributed by atoms with Gasteiger partial charge in [-0.15, -0.1) is 0 Å². The molecule has 0 saturated heterocycles. The molecule has 0 fully saturated rings. The van der Waals surface area contributed by atoms with Gasteiger partial charge in [0.1, 0.15) is 5.75 Å². The highest BCUT2D eigenvalue weighted by Crippen LogP contribution is 2.30. The molecule has 2 aromatic rings. The maximum absolute atomic E-state index is 12.3. The maximum Gasteiger partial charge on any atom is 0.273 e. The number of nitrogens with one attached hydrogen (secondary N) is 1. The van der Waals surface area contributed by atoms with Crippen molar-refractivity contribution in [3.8, 4) is 5.75 Å². The number of methoxy groups -OCH3 is 1. The fourth-order valence-electron chi connectivity index (χ4n) is 1.89. The molecule has 1 amide bonds. The molecule has 0 unspecified atom stereocenters. The van der Waals surface area contributed by atoms with E-state index in [1.165, 1.54) is 31.4 Å². The average molecular weight is 352 g/mol. The summed E-state index contributed by atoms with van der Waals surface area (Å²) in [4.78, 5) is 32.6. The largest absolute Gasteiger partial charge is 0.494 e. The first kappa shape index (κ1) is 17.2. The van der Waals surface area contributed by atoms with Crippen LogP contribution >= 0.6 is 11.6 Å². The van der Waals surface area contributed by atoms with Crippen LogP contribution in [-0.2, 0) is 0 Å². The highest BCUT2D eigenvalue weighted by molar-refractivity contribution is 6.34. The predicted molar refractivity (Wildman–Crippen MR) is 85.7 cm³/mol. The molecule has 10 heteroatoms. The highest BCUT2D eigenvalue weighted by atomic mass is 35.5. The van der Waals surface area contributed by atoms with Gasteiger partial charge in [-0.25, -0.2) is 0 Å². The Morgan fingerprint density at radius 3 is 2.25 bits per heavy atom. The van der Waals surface area contributed by atoms with Crippen LogP contribution in [0.4, 0.5) is 17.1 Å². The molecule has 0 spiro atoms. The van der Waals surface area contributed by atoms with Crippen LogP contribution in [0.1, 0.15) is 10.4 Å². The number of hydrogen-bond donors (Lipinski definition) is 1. The van der Waals surface area contributed by atoms with Crippen molar-refractivity contribution in [2.75, 3.05) is 12.4 Å². The molecule has 0 saturated carbocycles. The van der Waals surface area contributed by atoms with Crippen LogP contribution in [0.25, 0.3) is 0 Å². The SMILES string of the molecule is COc1cc([N+](=O)[O-])ccc1NC(=O)c1cc([N+](=O)[O-])ccc1Cl. The molecule has 0 heterocycles. The molecule has 0 aliphatic heterocycles. The number of amides is 1. The third kappa shape index (κ3) is 3.58. The predicted octanol–water partition coefficient (Wildman–Crippen LogP) is 3.42. The molecule has 0 aromatic heterocycles. The summed E-state index contributed by atoms with van der Waals surface area (Å²) in [6.07, 6.45) is 0. The van der Waals surface area contributed by atoms with E-state index in [0.29, 0.717) is 0 Å². The van der Waals surface area contributed by atoms with Crippen LogP contribution in [0.5, 0.6) is 5.75 Å². The topological polar surface area (TPSA) is 125 Å². The van der Waals surface area contributed by atoms with Crippen LogP contribution in [0.3, 0.4) is 0 Å². The molecule has 1 N–H and O–H groups in total. The van der Waals surface area contributed by atoms with Gasteiger partial charge in [0, 0.05) is 18.2 Å². The molecule has 0 aliphatic carbocycles. The van der Waals surface area contributed by atoms with Gasteiger partial charge >= 0.3 is 0 Å². The van der Waals surface area contributed by atoms with E-state index in [1.807, 2.05) is 0 Å². The van der Waals surface area contributed by atoms with Crippen molar-refractivity contribution in [3.05, 3.63) is 67.2 Å². The van der Waals surface area contributed by atoms with Gasteiger partial charge in [-0.3, -0.25) is 25.0 Å². The van der Waals surface area contributed by atoms with Gasteiger partial charge in [0.15, 0.2) is 0 Å². The second-order valence-electron chi connectivity index (χ2n) is 4.52. The smallest absolute Gasteiger partial charge is 0.273 e. The molecule has 2 rings (SSSR count). The van der Waals surface area contributed by atoms with Gasteiger partial charge in [-0.05, 0) is 12.1 Å². The monoisotopic (exact) mass is 351 g/mol. The normalized spacial score (nSPS) is 10.1. The zero-order valence-electron chi connectivity index (χ0n) is 12.2. The molecule has 0 atom stereocenters. The number of benzene rings is 2. The zero-order chi connectivity index (χ0) is 17.9. The Morgan fingerprint density at radius 1 is 1.08 bits per heavy atom. The number of hydrogen-bond acceptors (Lipinski definition) is 6. The first-order chi connectivity index (χ1) is 11.3. The quantitative estimate of drug-likeness (QED) is 0.650. The van der Waals surface area contributed by atoms with Crippen molar-refractivity contribution < 1.29 is 19.4 Å². The van der Waals surface area contributed by atoms with E-state index in [4.69, 9.17) is 16.3 Å². The molecular formula is C14H10ClN3O6. The van der Waals surface area contributed by atoms with Gasteiger partial charge in [-0.2, -0.15) is 0 Å². The third-order valence-corrected chi connectivity index (χ3v) is 3.38. The van der Waals surface area contributed by atoms with E-state index < -0.39 is 15.8 Å². The van der Waals surface area contributed by atoms with Crippen LogP contribution in [0, 0.1) is 20.2 Å². The Labute approximate surface area is 140 Å². The Hall–Kier alpha value is -3.20. The molecular weight excluding hydrogens is 342 g/mol. The van der Waals surface area contributed by atoms with E-state index in [0.717, 1.165) is 12.1 Å². The Morgan fingerprint density at radius 2 is 1.67 bits per heavy atom. The van der Waals surface area contributed by atoms with Gasteiger partial charge in [0.2, 0.25) is 0 Å². The number of anilines is 1. The van der Waals surface area contributed by atoms with Crippen LogP contribution < -0.4 is 10.1 Å². The summed E-state index contributed by atoms with van der Waals surface area (Å²) >= 11 is 5.90. The van der Waals surface area contributed by atoms with Crippen molar-refractivity contribution in [3.63, 3.8) is 0 Å². The minimum absolute atomic E-state index is 0.0268. The van der Waals surface area contributed by atoms with Crippen molar-refractivity contribution in [2.45, 2.75) is 0 Å². The number of halogens is 1. The lowest BCUT2D eigenvalue weighted by Crippen LogP contribution is -2.13. The summed E-state index contributed by atoms with van der Waals surface area (Å²) in [6.45, 7) is 0. The number of carbonyl (C=O) groups is 1. The van der Waals surface area contributed by atoms with Crippen LogP contribution in [0.2, 0.25) is 5.02 Å². The number of rotatable bonds is 5. The van der Waals surface area contributed by atoms with E-state index in [9.17, 15) is 25.0 Å². The van der Waals surface area contributed by atoms with Crippen molar-refractivity contribution in [1.29, 1.82) is 0 Å². The van der Waals surface area contributed by atoms with Crippen molar-refractivity contribution in [1.82, 2.24) is 0 Å². The molecule has 0 aliphatic rings. The minimum atomic E-state index is -0.712. The highest BCUT2D eigenvalue weighted by Gasteiger charge is 2.18. The molecule has 0 radical (unpaired) electrons. The maximum atomic E-state index is 12.3. The standard InChI is InChI=1S/C14H10ClN3O6/c1-24-13-7-9(18(22)23)3-5-12(13)16-14(19)10-6-8(17(20)21)2-4-11(10)15/h2-7H,1H3,(H,16,19). The first-order valence-corrected chi connectivity index (χ1v) is 6.79. The molecule has 124 valence electrons. The van der Waals surface area contributed by atoms with Gasteiger partial charge < -0.3 is 10.1 Å². The molecule has 9 nitrogen and oxygen atoms in total. The molecule has 24 heavy (non-hydrogen) atoms. The van der Waals surface area contributed by atoms with Crippen LogP contribution in [-0.4, -0.2) is 22.9 Å².